The third kappa shape index (κ3) is 4.76. The van der Waals surface area contributed by atoms with Gasteiger partial charge in [0.05, 0.1) is 5.69 Å². The summed E-state index contributed by atoms with van der Waals surface area (Å²) in [7, 11) is 1.45. The van der Waals surface area contributed by atoms with Crippen molar-refractivity contribution >= 4 is 28.3 Å². The molecule has 23 heavy (non-hydrogen) atoms. The zero-order chi connectivity index (χ0) is 16.8. The standard InChI is InChI=1S/C15H16N2O5S/c1-9-14(17-15(23-9)16-12(18)7-21-2)10-3-5-11(6-4-10)22-8-13(19)20/h3-6H,7-8H2,1-2H3,(H,19,20)(H,16,17,18). The van der Waals surface area contributed by atoms with Gasteiger partial charge in [0.25, 0.3) is 5.91 Å². The quantitative estimate of drug-likeness (QED) is 0.804. The number of nitrogens with one attached hydrogen (secondary N) is 1. The number of aromatic nitrogens is 1. The highest BCUT2D eigenvalue weighted by molar-refractivity contribution is 7.16. The smallest absolute Gasteiger partial charge is 0.341 e. The van der Waals surface area contributed by atoms with Crippen molar-refractivity contribution in [1.29, 1.82) is 0 Å². The van der Waals surface area contributed by atoms with E-state index >= 15 is 0 Å². The molecule has 1 heterocycles. The minimum atomic E-state index is -1.03. The number of carbonyl (C=O) groups is 2. The van der Waals surface area contributed by atoms with Crippen LogP contribution in [-0.2, 0) is 14.3 Å². The van der Waals surface area contributed by atoms with Crippen LogP contribution in [0.1, 0.15) is 4.88 Å². The molecule has 0 aliphatic carbocycles. The number of nitrogens with zero attached hydrogens (tertiary/aromatic N) is 1. The maximum absolute atomic E-state index is 11.5. The maximum Gasteiger partial charge on any atom is 0.341 e. The molecule has 0 aliphatic rings. The molecule has 0 bridgehead atoms. The Bertz CT molecular complexity index is 696. The number of aryl methyl sites for hydroxylation is 1. The van der Waals surface area contributed by atoms with E-state index in [4.69, 9.17) is 14.6 Å². The molecule has 0 aliphatic heterocycles. The molecule has 2 rings (SSSR count). The highest BCUT2D eigenvalue weighted by Crippen LogP contribution is 2.31. The second-order valence-electron chi connectivity index (χ2n) is 4.61. The zero-order valence-corrected chi connectivity index (χ0v) is 13.5. The number of amides is 1. The summed E-state index contributed by atoms with van der Waals surface area (Å²) >= 11 is 1.37. The topological polar surface area (TPSA) is 97.8 Å². The first kappa shape index (κ1) is 16.9. The van der Waals surface area contributed by atoms with Crippen LogP contribution in [-0.4, -0.2) is 42.3 Å². The van der Waals surface area contributed by atoms with E-state index in [0.29, 0.717) is 10.9 Å². The van der Waals surface area contributed by atoms with Gasteiger partial charge in [-0.25, -0.2) is 9.78 Å². The van der Waals surface area contributed by atoms with E-state index in [9.17, 15) is 9.59 Å². The van der Waals surface area contributed by atoms with Gasteiger partial charge in [-0.2, -0.15) is 0 Å². The van der Waals surface area contributed by atoms with Crippen LogP contribution in [0.25, 0.3) is 11.3 Å². The molecule has 0 atom stereocenters. The third-order valence-electron chi connectivity index (χ3n) is 2.81. The molecule has 0 spiro atoms. The summed E-state index contributed by atoms with van der Waals surface area (Å²) < 4.78 is 9.84. The predicted molar refractivity (Wildman–Crippen MR) is 85.9 cm³/mol. The van der Waals surface area contributed by atoms with Crippen molar-refractivity contribution in [1.82, 2.24) is 4.98 Å². The van der Waals surface area contributed by atoms with Crippen LogP contribution in [0.2, 0.25) is 0 Å². The van der Waals surface area contributed by atoms with Crippen molar-refractivity contribution in [2.45, 2.75) is 6.92 Å². The van der Waals surface area contributed by atoms with Crippen LogP contribution < -0.4 is 10.1 Å². The minimum absolute atomic E-state index is 0.0242. The van der Waals surface area contributed by atoms with Gasteiger partial charge in [0.15, 0.2) is 11.7 Å². The molecule has 1 amide bonds. The lowest BCUT2D eigenvalue weighted by Gasteiger charge is -2.04. The van der Waals surface area contributed by atoms with E-state index in [-0.39, 0.29) is 19.1 Å². The Morgan fingerprint density at radius 1 is 1.26 bits per heavy atom. The van der Waals surface area contributed by atoms with Gasteiger partial charge >= 0.3 is 5.97 Å². The lowest BCUT2D eigenvalue weighted by molar-refractivity contribution is -0.139. The Morgan fingerprint density at radius 3 is 2.57 bits per heavy atom. The molecule has 2 N–H and O–H groups in total. The zero-order valence-electron chi connectivity index (χ0n) is 12.7. The summed E-state index contributed by atoms with van der Waals surface area (Å²) in [5.74, 6) is -0.816. The molecule has 0 saturated heterocycles. The van der Waals surface area contributed by atoms with Crippen LogP contribution in [0.5, 0.6) is 5.75 Å². The van der Waals surface area contributed by atoms with Gasteiger partial charge in [-0.05, 0) is 31.2 Å². The molecule has 0 saturated carbocycles. The van der Waals surface area contributed by atoms with Crippen LogP contribution >= 0.6 is 11.3 Å². The first-order valence-electron chi connectivity index (χ1n) is 6.71. The molecular formula is C15H16N2O5S. The summed E-state index contributed by atoms with van der Waals surface area (Å²) in [6.45, 7) is 1.50. The summed E-state index contributed by atoms with van der Waals surface area (Å²) in [4.78, 5) is 27.3. The van der Waals surface area contributed by atoms with Gasteiger partial charge in [-0.1, -0.05) is 0 Å². The van der Waals surface area contributed by atoms with E-state index < -0.39 is 5.97 Å². The van der Waals surface area contributed by atoms with Crippen molar-refractivity contribution in [3.05, 3.63) is 29.1 Å². The van der Waals surface area contributed by atoms with Crippen molar-refractivity contribution in [2.75, 3.05) is 25.6 Å². The second-order valence-corrected chi connectivity index (χ2v) is 5.81. The summed E-state index contributed by atoms with van der Waals surface area (Å²) in [5, 5.41) is 11.8. The monoisotopic (exact) mass is 336 g/mol. The molecule has 7 nitrogen and oxygen atoms in total. The summed E-state index contributed by atoms with van der Waals surface area (Å²) in [6, 6.07) is 6.94. The SMILES string of the molecule is COCC(=O)Nc1nc(-c2ccc(OCC(=O)O)cc2)c(C)s1. The molecule has 8 heteroatoms. The number of carboxylic acid groups (broad SMARTS) is 1. The second kappa shape index (κ2) is 7.70. The van der Waals surface area contributed by atoms with Gasteiger partial charge in [0.1, 0.15) is 12.4 Å². The summed E-state index contributed by atoms with van der Waals surface area (Å²) in [5.41, 5.74) is 1.61. The van der Waals surface area contributed by atoms with Crippen molar-refractivity contribution in [3.63, 3.8) is 0 Å². The average Bonchev–Trinajstić information content (AvgIpc) is 2.86. The number of carbonyl (C=O) groups excluding carboxylic acids is 1. The number of methoxy groups -OCH3 is 1. The van der Waals surface area contributed by atoms with Crippen LogP contribution in [0.4, 0.5) is 5.13 Å². The lowest BCUT2D eigenvalue weighted by Crippen LogP contribution is -2.16. The van der Waals surface area contributed by atoms with Gasteiger partial charge in [-0.15, -0.1) is 11.3 Å². The van der Waals surface area contributed by atoms with Crippen molar-refractivity contribution in [2.24, 2.45) is 0 Å². The lowest BCUT2D eigenvalue weighted by atomic mass is 10.1. The first-order chi connectivity index (χ1) is 11.0. The number of aliphatic carboxylic acids is 1. The number of hydrogen-bond acceptors (Lipinski definition) is 6. The number of benzene rings is 1. The fourth-order valence-electron chi connectivity index (χ4n) is 1.86. The van der Waals surface area contributed by atoms with Gasteiger partial charge in [0.2, 0.25) is 0 Å². The van der Waals surface area contributed by atoms with Crippen molar-refractivity contribution < 1.29 is 24.2 Å². The largest absolute Gasteiger partial charge is 0.482 e. The maximum atomic E-state index is 11.5. The van der Waals surface area contributed by atoms with Gasteiger partial charge < -0.3 is 14.6 Å². The molecule has 0 fully saturated rings. The van der Waals surface area contributed by atoms with E-state index in [1.807, 2.05) is 6.92 Å². The van der Waals surface area contributed by atoms with Gasteiger partial charge in [0, 0.05) is 17.6 Å². The number of anilines is 1. The molecule has 2 aromatic rings. The Kier molecular flexibility index (Phi) is 5.67. The Morgan fingerprint density at radius 2 is 1.96 bits per heavy atom. The van der Waals surface area contributed by atoms with E-state index in [1.54, 1.807) is 24.3 Å². The fraction of sp³-hybridized carbons (Fsp3) is 0.267. The highest BCUT2D eigenvalue weighted by atomic mass is 32.1. The molecule has 0 radical (unpaired) electrons. The molecule has 1 aromatic carbocycles. The van der Waals surface area contributed by atoms with E-state index in [1.165, 1.54) is 18.4 Å². The number of rotatable bonds is 7. The van der Waals surface area contributed by atoms with Crippen LogP contribution in [0, 0.1) is 6.92 Å². The highest BCUT2D eigenvalue weighted by Gasteiger charge is 2.12. The fourth-order valence-corrected chi connectivity index (χ4v) is 2.71. The Hall–Kier alpha value is -2.45. The minimum Gasteiger partial charge on any atom is -0.482 e. The summed E-state index contributed by atoms with van der Waals surface area (Å²) in [6.07, 6.45) is 0. The van der Waals surface area contributed by atoms with Crippen LogP contribution in [0.15, 0.2) is 24.3 Å². The molecule has 1 aromatic heterocycles. The molecule has 0 unspecified atom stereocenters. The molecule has 122 valence electrons. The number of ether oxygens (including phenoxy) is 2. The van der Waals surface area contributed by atoms with E-state index in [0.717, 1.165) is 16.1 Å². The van der Waals surface area contributed by atoms with Crippen LogP contribution in [0.3, 0.4) is 0 Å². The predicted octanol–water partition coefficient (Wildman–Crippen LogP) is 2.17. The Labute approximate surface area is 136 Å². The van der Waals surface area contributed by atoms with Gasteiger partial charge in [-0.3, -0.25) is 10.1 Å². The Balaban J connectivity index is 2.10. The molecular weight excluding hydrogens is 320 g/mol. The normalized spacial score (nSPS) is 10.3. The number of thiazole rings is 1. The number of hydrogen-bond donors (Lipinski definition) is 2. The first-order valence-corrected chi connectivity index (χ1v) is 7.52. The number of carboxylic acids is 1. The van der Waals surface area contributed by atoms with E-state index in [2.05, 4.69) is 10.3 Å². The third-order valence-corrected chi connectivity index (χ3v) is 3.69. The average molecular weight is 336 g/mol. The van der Waals surface area contributed by atoms with Crippen molar-refractivity contribution in [3.8, 4) is 17.0 Å².